The first-order valence-corrected chi connectivity index (χ1v) is 9.18. The van der Waals surface area contributed by atoms with Crippen molar-refractivity contribution in [3.05, 3.63) is 34.9 Å². The zero-order chi connectivity index (χ0) is 15.4. The van der Waals surface area contributed by atoms with Gasteiger partial charge in [0, 0.05) is 25.1 Å². The molecule has 2 bridgehead atoms. The van der Waals surface area contributed by atoms with E-state index in [1.165, 1.54) is 48.8 Å². The highest BCUT2D eigenvalue weighted by Crippen LogP contribution is 2.50. The summed E-state index contributed by atoms with van der Waals surface area (Å²) in [5.74, 6) is 2.78. The summed E-state index contributed by atoms with van der Waals surface area (Å²) in [5.41, 5.74) is 7.89. The number of hydrazone groups is 1. The Bertz CT molecular complexity index is 659. The summed E-state index contributed by atoms with van der Waals surface area (Å²) < 4.78 is 0. The number of benzene rings is 1. The molecule has 2 heterocycles. The standard InChI is InChI=1S/C19H26N4/c1-23-18(15-4-5-16-12-20-9-8-14(16)10-15)21-22-19(23)11-13-2-6-17(19)7-3-13/h4-5,10,13,17,20,22H,2-3,6-9,11-12H2,1H3/t13?,17?,19-/m1/s1. The average molecular weight is 310 g/mol. The van der Waals surface area contributed by atoms with Crippen molar-refractivity contribution in [1.29, 1.82) is 0 Å². The Labute approximate surface area is 138 Å². The van der Waals surface area contributed by atoms with Gasteiger partial charge in [-0.25, -0.2) is 0 Å². The van der Waals surface area contributed by atoms with Crippen LogP contribution in [0.25, 0.3) is 0 Å². The van der Waals surface area contributed by atoms with Gasteiger partial charge in [-0.3, -0.25) is 5.43 Å². The molecule has 3 aliphatic carbocycles. The van der Waals surface area contributed by atoms with Crippen LogP contribution < -0.4 is 10.7 Å². The molecule has 0 aromatic heterocycles. The molecule has 5 aliphatic rings. The van der Waals surface area contributed by atoms with E-state index in [1.54, 1.807) is 0 Å². The summed E-state index contributed by atoms with van der Waals surface area (Å²) in [7, 11) is 2.25. The third-order valence-corrected chi connectivity index (χ3v) is 6.74. The monoisotopic (exact) mass is 310 g/mol. The molecule has 0 radical (unpaired) electrons. The van der Waals surface area contributed by atoms with E-state index in [9.17, 15) is 0 Å². The Hall–Kier alpha value is -1.55. The minimum Gasteiger partial charge on any atom is -0.333 e. The first-order chi connectivity index (χ1) is 11.3. The van der Waals surface area contributed by atoms with Crippen LogP contribution in [-0.2, 0) is 13.0 Å². The molecule has 4 nitrogen and oxygen atoms in total. The summed E-state index contributed by atoms with van der Waals surface area (Å²) in [4.78, 5) is 2.46. The van der Waals surface area contributed by atoms with Crippen molar-refractivity contribution in [2.75, 3.05) is 13.6 Å². The molecule has 1 spiro atoms. The Balaban J connectivity index is 1.46. The van der Waals surface area contributed by atoms with E-state index in [1.807, 2.05) is 0 Å². The third kappa shape index (κ3) is 1.97. The van der Waals surface area contributed by atoms with Gasteiger partial charge >= 0.3 is 0 Å². The number of nitrogens with zero attached hydrogens (tertiary/aromatic N) is 2. The molecule has 0 saturated heterocycles. The minimum absolute atomic E-state index is 0.0912. The van der Waals surface area contributed by atoms with Gasteiger partial charge in [0.1, 0.15) is 5.66 Å². The lowest BCUT2D eigenvalue weighted by molar-refractivity contribution is -0.0197. The molecule has 1 aromatic rings. The SMILES string of the molecule is CN1C(c2ccc3c(c2)CCNC3)=NN[C@]12CC1CCC2CC1. The number of rotatable bonds is 1. The molecule has 23 heavy (non-hydrogen) atoms. The van der Waals surface area contributed by atoms with Gasteiger partial charge in [0.25, 0.3) is 0 Å². The van der Waals surface area contributed by atoms with Crippen molar-refractivity contribution in [3.63, 3.8) is 0 Å². The lowest BCUT2D eigenvalue weighted by Gasteiger charge is -2.53. The second-order valence-electron chi connectivity index (χ2n) is 7.86. The van der Waals surface area contributed by atoms with Gasteiger partial charge in [0.15, 0.2) is 5.84 Å². The van der Waals surface area contributed by atoms with Crippen molar-refractivity contribution >= 4 is 5.84 Å². The van der Waals surface area contributed by atoms with Crippen molar-refractivity contribution in [2.24, 2.45) is 16.9 Å². The Kier molecular flexibility index (Phi) is 2.99. The second-order valence-corrected chi connectivity index (χ2v) is 7.86. The predicted molar refractivity (Wildman–Crippen MR) is 92.1 cm³/mol. The zero-order valence-corrected chi connectivity index (χ0v) is 13.9. The molecule has 0 unspecified atom stereocenters. The van der Waals surface area contributed by atoms with Crippen LogP contribution in [0.4, 0.5) is 0 Å². The Morgan fingerprint density at radius 1 is 1.17 bits per heavy atom. The van der Waals surface area contributed by atoms with E-state index in [-0.39, 0.29) is 5.66 Å². The van der Waals surface area contributed by atoms with Crippen molar-refractivity contribution in [1.82, 2.24) is 15.6 Å². The van der Waals surface area contributed by atoms with Crippen LogP contribution in [-0.4, -0.2) is 30.0 Å². The lowest BCUT2D eigenvalue weighted by atomic mass is 9.64. The molecular weight excluding hydrogens is 284 g/mol. The average Bonchev–Trinajstić information content (AvgIpc) is 2.92. The van der Waals surface area contributed by atoms with Crippen molar-refractivity contribution in [3.8, 4) is 0 Å². The summed E-state index contributed by atoms with van der Waals surface area (Å²) in [6.45, 7) is 2.09. The van der Waals surface area contributed by atoms with Gasteiger partial charge in [0.2, 0.25) is 0 Å². The molecule has 2 N–H and O–H groups in total. The fourth-order valence-electron chi connectivity index (χ4n) is 5.36. The number of hydrogen-bond acceptors (Lipinski definition) is 4. The quantitative estimate of drug-likeness (QED) is 0.837. The fourth-order valence-corrected chi connectivity index (χ4v) is 5.36. The number of hydrogen-bond donors (Lipinski definition) is 2. The maximum absolute atomic E-state index is 4.81. The molecule has 2 aliphatic heterocycles. The van der Waals surface area contributed by atoms with Crippen LogP contribution in [0, 0.1) is 11.8 Å². The molecule has 6 rings (SSSR count). The first-order valence-electron chi connectivity index (χ1n) is 9.18. The number of fused-ring (bicyclic) bond motifs is 3. The maximum atomic E-state index is 4.81. The summed E-state index contributed by atoms with van der Waals surface area (Å²) in [6.07, 6.45) is 7.95. The highest BCUT2D eigenvalue weighted by atomic mass is 15.5. The third-order valence-electron chi connectivity index (χ3n) is 6.74. The van der Waals surface area contributed by atoms with E-state index >= 15 is 0 Å². The molecule has 4 heteroatoms. The van der Waals surface area contributed by atoms with Gasteiger partial charge in [-0.05, 0) is 68.2 Å². The van der Waals surface area contributed by atoms with Crippen molar-refractivity contribution in [2.45, 2.75) is 50.7 Å². The van der Waals surface area contributed by atoms with Crippen LogP contribution in [0.2, 0.25) is 0 Å². The van der Waals surface area contributed by atoms with Gasteiger partial charge in [-0.15, -0.1) is 0 Å². The highest BCUT2D eigenvalue weighted by Gasteiger charge is 2.53. The van der Waals surface area contributed by atoms with E-state index < -0.39 is 0 Å². The van der Waals surface area contributed by atoms with Gasteiger partial charge in [-0.2, -0.15) is 5.10 Å². The summed E-state index contributed by atoms with van der Waals surface area (Å²) in [6, 6.07) is 6.90. The summed E-state index contributed by atoms with van der Waals surface area (Å²) in [5, 5.41) is 8.26. The Morgan fingerprint density at radius 2 is 2.04 bits per heavy atom. The first kappa shape index (κ1) is 13.8. The molecule has 122 valence electrons. The largest absolute Gasteiger partial charge is 0.333 e. The number of amidine groups is 1. The smallest absolute Gasteiger partial charge is 0.157 e. The fraction of sp³-hybridized carbons (Fsp3) is 0.632. The minimum atomic E-state index is 0.0912. The maximum Gasteiger partial charge on any atom is 0.157 e. The van der Waals surface area contributed by atoms with Crippen LogP contribution >= 0.6 is 0 Å². The molecule has 1 atom stereocenters. The van der Waals surface area contributed by atoms with Crippen LogP contribution in [0.15, 0.2) is 23.3 Å². The highest BCUT2D eigenvalue weighted by molar-refractivity contribution is 6.00. The van der Waals surface area contributed by atoms with E-state index in [2.05, 4.69) is 40.9 Å². The van der Waals surface area contributed by atoms with Crippen LogP contribution in [0.1, 0.15) is 48.8 Å². The van der Waals surface area contributed by atoms with Crippen LogP contribution in [0.5, 0.6) is 0 Å². The molecule has 3 fully saturated rings. The second kappa shape index (κ2) is 4.97. The molecule has 0 amide bonds. The summed E-state index contributed by atoms with van der Waals surface area (Å²) >= 11 is 0. The molecular formula is C19H26N4. The van der Waals surface area contributed by atoms with E-state index in [0.717, 1.165) is 37.2 Å². The lowest BCUT2D eigenvalue weighted by Crippen LogP contribution is -2.62. The van der Waals surface area contributed by atoms with E-state index in [0.29, 0.717) is 0 Å². The topological polar surface area (TPSA) is 39.7 Å². The molecule has 1 aromatic carbocycles. The normalized spacial score (nSPS) is 35.2. The van der Waals surface area contributed by atoms with Gasteiger partial charge < -0.3 is 10.2 Å². The van der Waals surface area contributed by atoms with Crippen molar-refractivity contribution < 1.29 is 0 Å². The van der Waals surface area contributed by atoms with E-state index in [4.69, 9.17) is 5.10 Å². The van der Waals surface area contributed by atoms with Crippen LogP contribution in [0.3, 0.4) is 0 Å². The number of nitrogens with one attached hydrogen (secondary N) is 2. The Morgan fingerprint density at radius 3 is 2.83 bits per heavy atom. The van der Waals surface area contributed by atoms with Gasteiger partial charge in [0.05, 0.1) is 0 Å². The van der Waals surface area contributed by atoms with Gasteiger partial charge in [-0.1, -0.05) is 12.1 Å². The molecule has 3 saturated carbocycles. The zero-order valence-electron chi connectivity index (χ0n) is 13.9. The predicted octanol–water partition coefficient (Wildman–Crippen LogP) is 2.44.